The van der Waals surface area contributed by atoms with Crippen molar-refractivity contribution >= 4 is 21.6 Å². The van der Waals surface area contributed by atoms with E-state index in [-0.39, 0.29) is 0 Å². The van der Waals surface area contributed by atoms with Crippen LogP contribution in [0.5, 0.6) is 5.75 Å². The molecule has 106 valence electrons. The molecule has 0 bridgehead atoms. The Balaban J connectivity index is 2.19. The molecule has 0 radical (unpaired) electrons. The summed E-state index contributed by atoms with van der Waals surface area (Å²) in [5.41, 5.74) is 2.38. The van der Waals surface area contributed by atoms with Crippen LogP contribution in [0.3, 0.4) is 0 Å². The number of hydrogen-bond acceptors (Lipinski definition) is 2. The summed E-state index contributed by atoms with van der Waals surface area (Å²) in [5.74, 6) is 2.51. The second-order valence-corrected chi connectivity index (χ2v) is 6.86. The normalized spacial score (nSPS) is 27.1. The highest BCUT2D eigenvalue weighted by molar-refractivity contribution is 9.10. The van der Waals surface area contributed by atoms with Gasteiger partial charge in [-0.1, -0.05) is 29.8 Å². The Morgan fingerprint density at radius 1 is 1.26 bits per heavy atom. The summed E-state index contributed by atoms with van der Waals surface area (Å²) in [5, 5.41) is 3.72. The molecule has 1 saturated carbocycles. The van der Waals surface area contributed by atoms with Crippen LogP contribution in [0.15, 0.2) is 16.6 Å². The van der Waals surface area contributed by atoms with Crippen molar-refractivity contribution in [3.8, 4) is 5.75 Å². The van der Waals surface area contributed by atoms with Crippen LogP contribution < -0.4 is 10.1 Å². The number of methoxy groups -OCH3 is 1. The lowest BCUT2D eigenvalue weighted by molar-refractivity contribution is 0.276. The van der Waals surface area contributed by atoms with E-state index in [1.807, 2.05) is 6.07 Å². The molecule has 0 spiro atoms. The van der Waals surface area contributed by atoms with Crippen molar-refractivity contribution in [2.75, 3.05) is 12.4 Å². The Bertz CT molecular complexity index is 447. The molecule has 3 atom stereocenters. The summed E-state index contributed by atoms with van der Waals surface area (Å²) in [7, 11) is 1.73. The van der Waals surface area contributed by atoms with Gasteiger partial charge < -0.3 is 10.1 Å². The van der Waals surface area contributed by atoms with Gasteiger partial charge >= 0.3 is 0 Å². The van der Waals surface area contributed by atoms with Crippen LogP contribution >= 0.6 is 15.9 Å². The van der Waals surface area contributed by atoms with Gasteiger partial charge in [-0.2, -0.15) is 0 Å². The Morgan fingerprint density at radius 3 is 2.63 bits per heavy atom. The van der Waals surface area contributed by atoms with Gasteiger partial charge in [-0.3, -0.25) is 0 Å². The van der Waals surface area contributed by atoms with Crippen LogP contribution in [0.4, 0.5) is 5.69 Å². The fourth-order valence-corrected chi connectivity index (χ4v) is 3.67. The molecule has 19 heavy (non-hydrogen) atoms. The van der Waals surface area contributed by atoms with Crippen LogP contribution in [0.1, 0.15) is 38.7 Å². The molecule has 2 rings (SSSR count). The Hall–Kier alpha value is -0.700. The van der Waals surface area contributed by atoms with E-state index in [9.17, 15) is 0 Å². The molecule has 2 nitrogen and oxygen atoms in total. The van der Waals surface area contributed by atoms with Crippen LogP contribution in [0.25, 0.3) is 0 Å². The highest BCUT2D eigenvalue weighted by atomic mass is 79.9. The second-order valence-electron chi connectivity index (χ2n) is 5.95. The fraction of sp³-hybridized carbons (Fsp3) is 0.625. The third kappa shape index (κ3) is 3.44. The number of anilines is 1. The van der Waals surface area contributed by atoms with E-state index in [1.165, 1.54) is 24.8 Å². The Morgan fingerprint density at radius 2 is 2.00 bits per heavy atom. The van der Waals surface area contributed by atoms with Crippen molar-refractivity contribution in [3.05, 3.63) is 22.2 Å². The minimum absolute atomic E-state index is 0.560. The summed E-state index contributed by atoms with van der Waals surface area (Å²) < 4.78 is 6.58. The zero-order valence-corrected chi connectivity index (χ0v) is 13.9. The highest BCUT2D eigenvalue weighted by Crippen LogP contribution is 2.36. The third-order valence-electron chi connectivity index (χ3n) is 4.25. The summed E-state index contributed by atoms with van der Waals surface area (Å²) >= 11 is 3.53. The van der Waals surface area contributed by atoms with Crippen LogP contribution in [-0.2, 0) is 0 Å². The molecule has 3 heteroatoms. The van der Waals surface area contributed by atoms with Crippen molar-refractivity contribution in [3.63, 3.8) is 0 Å². The number of rotatable bonds is 3. The molecule has 1 aromatic rings. The predicted molar refractivity (Wildman–Crippen MR) is 85.0 cm³/mol. The van der Waals surface area contributed by atoms with E-state index in [0.29, 0.717) is 6.04 Å². The maximum absolute atomic E-state index is 5.51. The lowest BCUT2D eigenvalue weighted by atomic mass is 9.79. The standard InChI is InChI=1S/C16H24BrNO/c1-10-5-6-14(11(2)7-10)18-16-12(3)8-13(17)9-15(16)19-4/h8-11,14,18H,5-7H2,1-4H3. The van der Waals surface area contributed by atoms with Crippen molar-refractivity contribution in [2.45, 2.75) is 46.1 Å². The molecule has 1 N–H and O–H groups in total. The minimum atomic E-state index is 0.560. The first-order valence-corrected chi connectivity index (χ1v) is 7.91. The molecular weight excluding hydrogens is 302 g/mol. The molecule has 0 saturated heterocycles. The summed E-state index contributed by atoms with van der Waals surface area (Å²) in [4.78, 5) is 0. The van der Waals surface area contributed by atoms with Crippen molar-refractivity contribution in [1.82, 2.24) is 0 Å². The van der Waals surface area contributed by atoms with Gasteiger partial charge in [0.25, 0.3) is 0 Å². The molecule has 3 unspecified atom stereocenters. The first-order chi connectivity index (χ1) is 9.01. The number of halogens is 1. The molecule has 0 aliphatic heterocycles. The van der Waals surface area contributed by atoms with Crippen molar-refractivity contribution in [2.24, 2.45) is 11.8 Å². The van der Waals surface area contributed by atoms with E-state index < -0.39 is 0 Å². The molecule has 1 fully saturated rings. The quantitative estimate of drug-likeness (QED) is 0.844. The fourth-order valence-electron chi connectivity index (χ4n) is 3.12. The van der Waals surface area contributed by atoms with Crippen molar-refractivity contribution < 1.29 is 4.74 Å². The number of nitrogens with one attached hydrogen (secondary N) is 1. The summed E-state index contributed by atoms with van der Waals surface area (Å²) in [6.45, 7) is 6.85. The first kappa shape index (κ1) is 14.7. The topological polar surface area (TPSA) is 21.3 Å². The number of benzene rings is 1. The van der Waals surface area contributed by atoms with Gasteiger partial charge in [0.1, 0.15) is 5.75 Å². The zero-order chi connectivity index (χ0) is 14.0. The lowest BCUT2D eigenvalue weighted by Crippen LogP contribution is -2.33. The average Bonchev–Trinajstić information content (AvgIpc) is 2.34. The monoisotopic (exact) mass is 325 g/mol. The van der Waals surface area contributed by atoms with Gasteiger partial charge in [-0.25, -0.2) is 0 Å². The van der Waals surface area contributed by atoms with Gasteiger partial charge in [0, 0.05) is 10.5 Å². The van der Waals surface area contributed by atoms with E-state index in [0.717, 1.165) is 27.7 Å². The van der Waals surface area contributed by atoms with Gasteiger partial charge in [0.15, 0.2) is 0 Å². The average molecular weight is 326 g/mol. The Labute approximate surface area is 125 Å². The molecular formula is C16H24BrNO. The third-order valence-corrected chi connectivity index (χ3v) is 4.70. The molecule has 1 aromatic carbocycles. The lowest BCUT2D eigenvalue weighted by Gasteiger charge is -2.34. The van der Waals surface area contributed by atoms with Gasteiger partial charge in [0.2, 0.25) is 0 Å². The first-order valence-electron chi connectivity index (χ1n) is 7.12. The maximum atomic E-state index is 5.51. The van der Waals surface area contributed by atoms with Crippen LogP contribution in [0, 0.1) is 18.8 Å². The highest BCUT2D eigenvalue weighted by Gasteiger charge is 2.26. The number of aryl methyl sites for hydroxylation is 1. The summed E-state index contributed by atoms with van der Waals surface area (Å²) in [6, 6.07) is 4.73. The SMILES string of the molecule is COc1cc(Br)cc(C)c1NC1CCC(C)CC1C. The minimum Gasteiger partial charge on any atom is -0.495 e. The Kier molecular flexibility index (Phi) is 4.77. The van der Waals surface area contributed by atoms with E-state index >= 15 is 0 Å². The molecule has 0 amide bonds. The van der Waals surface area contributed by atoms with E-state index in [1.54, 1.807) is 7.11 Å². The molecule has 0 aromatic heterocycles. The van der Waals surface area contributed by atoms with Crippen LogP contribution in [-0.4, -0.2) is 13.2 Å². The smallest absolute Gasteiger partial charge is 0.143 e. The second kappa shape index (κ2) is 6.17. The summed E-state index contributed by atoms with van der Waals surface area (Å²) in [6.07, 6.45) is 3.89. The molecule has 0 heterocycles. The maximum Gasteiger partial charge on any atom is 0.143 e. The van der Waals surface area contributed by atoms with E-state index in [2.05, 4.69) is 48.1 Å². The van der Waals surface area contributed by atoms with Gasteiger partial charge in [-0.05, 0) is 55.7 Å². The van der Waals surface area contributed by atoms with E-state index in [4.69, 9.17) is 4.74 Å². The largest absolute Gasteiger partial charge is 0.495 e. The molecule has 1 aliphatic carbocycles. The van der Waals surface area contributed by atoms with Gasteiger partial charge in [-0.15, -0.1) is 0 Å². The van der Waals surface area contributed by atoms with Crippen molar-refractivity contribution in [1.29, 1.82) is 0 Å². The number of hydrogen-bond donors (Lipinski definition) is 1. The zero-order valence-electron chi connectivity index (χ0n) is 12.3. The predicted octanol–water partition coefficient (Wildman–Crippen LogP) is 5.00. The number of ether oxygens (including phenoxy) is 1. The van der Waals surface area contributed by atoms with Gasteiger partial charge in [0.05, 0.1) is 12.8 Å². The molecule has 1 aliphatic rings. The van der Waals surface area contributed by atoms with Crippen LogP contribution in [0.2, 0.25) is 0 Å².